The summed E-state index contributed by atoms with van der Waals surface area (Å²) in [6.45, 7) is 1.11. The van der Waals surface area contributed by atoms with E-state index in [0.29, 0.717) is 18.7 Å². The largest absolute Gasteiger partial charge is 0.356 e. The fourth-order valence-electron chi connectivity index (χ4n) is 4.26. The molecule has 0 bridgehead atoms. The first-order valence-electron chi connectivity index (χ1n) is 10.7. The van der Waals surface area contributed by atoms with Gasteiger partial charge in [0.25, 0.3) is 0 Å². The predicted octanol–water partition coefficient (Wildman–Crippen LogP) is 4.85. The second-order valence-corrected chi connectivity index (χ2v) is 7.92. The lowest BCUT2D eigenvalue weighted by atomic mass is 9.89. The van der Waals surface area contributed by atoms with Crippen molar-refractivity contribution in [3.05, 3.63) is 65.7 Å². The van der Waals surface area contributed by atoms with Crippen molar-refractivity contribution in [3.63, 3.8) is 0 Å². The van der Waals surface area contributed by atoms with Crippen LogP contribution >= 0.6 is 0 Å². The third kappa shape index (κ3) is 4.66. The summed E-state index contributed by atoms with van der Waals surface area (Å²) in [6, 6.07) is 14.8. The lowest BCUT2D eigenvalue weighted by Gasteiger charge is -2.20. The van der Waals surface area contributed by atoms with Crippen molar-refractivity contribution in [2.45, 2.75) is 51.5 Å². The molecule has 1 aromatic heterocycles. The average molecular weight is 394 g/mol. The summed E-state index contributed by atoms with van der Waals surface area (Å²) in [5, 5.41) is 3.10. The van der Waals surface area contributed by atoms with Gasteiger partial charge in [0, 0.05) is 24.4 Å². The normalized spacial score (nSPS) is 14.9. The molecule has 0 aliphatic heterocycles. The second kappa shape index (κ2) is 9.21. The number of aryl methyl sites for hydroxylation is 1. The number of amides is 1. The van der Waals surface area contributed by atoms with Crippen molar-refractivity contribution in [1.82, 2.24) is 14.9 Å². The third-order valence-corrected chi connectivity index (χ3v) is 5.87. The molecule has 0 unspecified atom stereocenters. The minimum atomic E-state index is -0.198. The molecule has 1 aliphatic rings. The maximum atomic E-state index is 14.2. The van der Waals surface area contributed by atoms with Crippen LogP contribution < -0.4 is 5.32 Å². The van der Waals surface area contributed by atoms with Gasteiger partial charge in [0.05, 0.1) is 17.6 Å². The Hall–Kier alpha value is -2.69. The lowest BCUT2D eigenvalue weighted by Crippen LogP contribution is -2.32. The van der Waals surface area contributed by atoms with Crippen LogP contribution in [-0.2, 0) is 17.8 Å². The molecule has 0 saturated heterocycles. The third-order valence-electron chi connectivity index (χ3n) is 5.87. The highest BCUT2D eigenvalue weighted by molar-refractivity contribution is 5.78. The van der Waals surface area contributed by atoms with Gasteiger partial charge >= 0.3 is 0 Å². The predicted molar refractivity (Wildman–Crippen MR) is 113 cm³/mol. The summed E-state index contributed by atoms with van der Waals surface area (Å²) in [7, 11) is 0. The molecule has 1 heterocycles. The summed E-state index contributed by atoms with van der Waals surface area (Å²) in [5.41, 5.74) is 2.59. The number of nitrogens with zero attached hydrogens (tertiary/aromatic N) is 2. The number of aromatic nitrogens is 2. The number of benzene rings is 2. The molecule has 152 valence electrons. The van der Waals surface area contributed by atoms with Gasteiger partial charge in [-0.1, -0.05) is 49.6 Å². The first kappa shape index (κ1) is 19.6. The summed E-state index contributed by atoms with van der Waals surface area (Å²) in [5.74, 6) is 1.12. The van der Waals surface area contributed by atoms with Crippen LogP contribution in [0.5, 0.6) is 0 Å². The van der Waals surface area contributed by atoms with E-state index in [9.17, 15) is 9.18 Å². The highest BCUT2D eigenvalue weighted by atomic mass is 19.1. The number of nitrogens with one attached hydrogen (secondary N) is 1. The van der Waals surface area contributed by atoms with Crippen LogP contribution in [0.2, 0.25) is 0 Å². The Morgan fingerprint density at radius 3 is 2.66 bits per heavy atom. The Morgan fingerprint density at radius 1 is 1.07 bits per heavy atom. The van der Waals surface area contributed by atoms with Gasteiger partial charge < -0.3 is 9.88 Å². The molecule has 1 amide bonds. The van der Waals surface area contributed by atoms with Gasteiger partial charge in [-0.2, -0.15) is 0 Å². The van der Waals surface area contributed by atoms with Crippen molar-refractivity contribution in [1.29, 1.82) is 0 Å². The summed E-state index contributed by atoms with van der Waals surface area (Å²) < 4.78 is 16.3. The molecule has 4 rings (SSSR count). The van der Waals surface area contributed by atoms with Crippen LogP contribution in [0, 0.1) is 11.7 Å². The molecule has 2 aromatic carbocycles. The Morgan fingerprint density at radius 2 is 1.83 bits per heavy atom. The second-order valence-electron chi connectivity index (χ2n) is 7.92. The number of fused-ring (bicyclic) bond motifs is 1. The minimum absolute atomic E-state index is 0.189. The van der Waals surface area contributed by atoms with Crippen molar-refractivity contribution in [2.75, 3.05) is 6.54 Å². The van der Waals surface area contributed by atoms with Gasteiger partial charge in [0.15, 0.2) is 0 Å². The zero-order valence-electron chi connectivity index (χ0n) is 16.7. The molecule has 1 fully saturated rings. The monoisotopic (exact) mass is 393 g/mol. The molecule has 29 heavy (non-hydrogen) atoms. The van der Waals surface area contributed by atoms with Crippen molar-refractivity contribution in [3.8, 4) is 0 Å². The zero-order chi connectivity index (χ0) is 20.1. The van der Waals surface area contributed by atoms with E-state index in [1.54, 1.807) is 6.07 Å². The number of halogens is 1. The molecular formula is C24H28FN3O. The molecule has 3 aromatic rings. The van der Waals surface area contributed by atoms with E-state index < -0.39 is 0 Å². The van der Waals surface area contributed by atoms with E-state index in [2.05, 4.69) is 9.88 Å². The smallest absolute Gasteiger partial charge is 0.223 e. The molecule has 4 nitrogen and oxygen atoms in total. The first-order chi connectivity index (χ1) is 14.2. The van der Waals surface area contributed by atoms with E-state index in [4.69, 9.17) is 4.98 Å². The Labute approximate surface area is 171 Å². The molecule has 1 saturated carbocycles. The highest BCUT2D eigenvalue weighted by Gasteiger charge is 2.20. The van der Waals surface area contributed by atoms with Crippen LogP contribution in [-0.4, -0.2) is 22.0 Å². The Balaban J connectivity index is 1.43. The number of imidazole rings is 1. The average Bonchev–Trinajstić information content (AvgIpc) is 3.10. The van der Waals surface area contributed by atoms with Crippen LogP contribution in [0.3, 0.4) is 0 Å². The van der Waals surface area contributed by atoms with Crippen molar-refractivity contribution in [2.24, 2.45) is 5.92 Å². The van der Waals surface area contributed by atoms with Gasteiger partial charge in [-0.05, 0) is 37.5 Å². The molecule has 1 N–H and O–H groups in total. The van der Waals surface area contributed by atoms with E-state index in [1.807, 2.05) is 36.4 Å². The number of carbonyl (C=O) groups excluding carboxylic acids is 1. The minimum Gasteiger partial charge on any atom is -0.356 e. The number of para-hydroxylation sites is 2. The topological polar surface area (TPSA) is 46.9 Å². The fourth-order valence-corrected chi connectivity index (χ4v) is 4.26. The zero-order valence-corrected chi connectivity index (χ0v) is 16.7. The molecule has 0 radical (unpaired) electrons. The molecule has 0 spiro atoms. The van der Waals surface area contributed by atoms with E-state index in [1.165, 1.54) is 12.5 Å². The van der Waals surface area contributed by atoms with Crippen molar-refractivity contribution >= 4 is 16.9 Å². The Bertz CT molecular complexity index is 975. The van der Waals surface area contributed by atoms with E-state index in [0.717, 1.165) is 55.4 Å². The maximum absolute atomic E-state index is 14.2. The van der Waals surface area contributed by atoms with Gasteiger partial charge in [-0.15, -0.1) is 0 Å². The van der Waals surface area contributed by atoms with E-state index in [-0.39, 0.29) is 17.6 Å². The maximum Gasteiger partial charge on any atom is 0.223 e. The van der Waals surface area contributed by atoms with Gasteiger partial charge in [0.1, 0.15) is 11.6 Å². The number of hydrogen-bond donors (Lipinski definition) is 1. The van der Waals surface area contributed by atoms with Crippen LogP contribution in [0.4, 0.5) is 4.39 Å². The summed E-state index contributed by atoms with van der Waals surface area (Å²) in [6.07, 6.45) is 7.18. The summed E-state index contributed by atoms with van der Waals surface area (Å²) >= 11 is 0. The Kier molecular flexibility index (Phi) is 6.23. The SMILES string of the molecule is O=C(NCCCc1nc2ccccc2n1Cc1ccccc1F)C1CCCCC1. The first-order valence-corrected chi connectivity index (χ1v) is 10.7. The van der Waals surface area contributed by atoms with Crippen LogP contribution in [0.25, 0.3) is 11.0 Å². The summed E-state index contributed by atoms with van der Waals surface area (Å²) in [4.78, 5) is 17.1. The van der Waals surface area contributed by atoms with Gasteiger partial charge in [-0.3, -0.25) is 4.79 Å². The fraction of sp³-hybridized carbons (Fsp3) is 0.417. The lowest BCUT2D eigenvalue weighted by molar-refractivity contribution is -0.125. The molecule has 1 aliphatic carbocycles. The standard InChI is InChI=1S/C24H28FN3O/c25-20-12-5-4-11-19(20)17-28-22-14-7-6-13-21(22)27-23(28)15-8-16-26-24(29)18-9-2-1-3-10-18/h4-7,11-14,18H,1-3,8-10,15-17H2,(H,26,29). The number of rotatable bonds is 7. The number of carbonyl (C=O) groups is 1. The number of hydrogen-bond acceptors (Lipinski definition) is 2. The van der Waals surface area contributed by atoms with Crippen molar-refractivity contribution < 1.29 is 9.18 Å². The molecular weight excluding hydrogens is 365 g/mol. The van der Waals surface area contributed by atoms with Crippen LogP contribution in [0.15, 0.2) is 48.5 Å². The highest BCUT2D eigenvalue weighted by Crippen LogP contribution is 2.24. The van der Waals surface area contributed by atoms with Gasteiger partial charge in [-0.25, -0.2) is 9.37 Å². The quantitative estimate of drug-likeness (QED) is 0.583. The van der Waals surface area contributed by atoms with Gasteiger partial charge in [0.2, 0.25) is 5.91 Å². The van der Waals surface area contributed by atoms with E-state index >= 15 is 0 Å². The molecule has 5 heteroatoms. The van der Waals surface area contributed by atoms with Crippen LogP contribution in [0.1, 0.15) is 49.9 Å². The molecule has 0 atom stereocenters.